The quantitative estimate of drug-likeness (QED) is 0.810. The van der Waals surface area contributed by atoms with Gasteiger partial charge in [-0.1, -0.05) is 17.7 Å². The summed E-state index contributed by atoms with van der Waals surface area (Å²) in [6, 6.07) is 3.73. The van der Waals surface area contributed by atoms with Gasteiger partial charge in [0, 0.05) is 25.8 Å². The fourth-order valence-electron chi connectivity index (χ4n) is 2.06. The first-order valence-electron chi connectivity index (χ1n) is 6.68. The Bertz CT molecular complexity index is 470. The van der Waals surface area contributed by atoms with Gasteiger partial charge in [0.25, 0.3) is 0 Å². The fraction of sp³-hybridized carbons (Fsp3) is 0.571. The molecule has 1 aromatic rings. The molecule has 2 heterocycles. The maximum atomic E-state index is 12.1. The van der Waals surface area contributed by atoms with Crippen LogP contribution in [0.2, 0.25) is 5.15 Å². The Kier molecular flexibility index (Phi) is 4.50. The smallest absolute Gasteiger partial charge is 0.410 e. The molecule has 1 unspecified atom stereocenters. The summed E-state index contributed by atoms with van der Waals surface area (Å²) in [6.07, 6.45) is 1.46. The first-order valence-corrected chi connectivity index (χ1v) is 7.06. The molecular weight excluding hydrogens is 278 g/mol. The zero-order valence-corrected chi connectivity index (χ0v) is 12.8. The zero-order valence-electron chi connectivity index (χ0n) is 12.0. The molecule has 1 amide bonds. The average molecular weight is 298 g/mol. The zero-order chi connectivity index (χ0) is 14.8. The number of halogens is 1. The molecule has 1 aromatic heterocycles. The number of carbonyl (C=O) groups excluding carboxylic acids is 1. The second-order valence-electron chi connectivity index (χ2n) is 5.85. The number of nitrogens with zero attached hydrogens (tertiary/aromatic N) is 2. The Morgan fingerprint density at radius 3 is 2.85 bits per heavy atom. The number of amides is 1. The summed E-state index contributed by atoms with van der Waals surface area (Å²) in [5, 5.41) is 3.84. The monoisotopic (exact) mass is 297 g/mol. The van der Waals surface area contributed by atoms with Crippen LogP contribution in [0.15, 0.2) is 18.3 Å². The SMILES string of the molecule is CC(C)(C)OC(=O)N1CCNC(c2ccc(Cl)nc2)C1. The van der Waals surface area contributed by atoms with Crippen LogP contribution in [0, 0.1) is 0 Å². The molecule has 1 fully saturated rings. The average Bonchev–Trinajstić information content (AvgIpc) is 2.38. The third kappa shape index (κ3) is 4.08. The van der Waals surface area contributed by atoms with Gasteiger partial charge < -0.3 is 15.0 Å². The highest BCUT2D eigenvalue weighted by molar-refractivity contribution is 6.29. The highest BCUT2D eigenvalue weighted by Gasteiger charge is 2.28. The molecule has 0 aliphatic carbocycles. The van der Waals surface area contributed by atoms with Crippen LogP contribution in [-0.4, -0.2) is 41.2 Å². The lowest BCUT2D eigenvalue weighted by Gasteiger charge is -2.35. The summed E-state index contributed by atoms with van der Waals surface area (Å²) < 4.78 is 5.40. The van der Waals surface area contributed by atoms with E-state index in [2.05, 4.69) is 10.3 Å². The molecule has 2 rings (SSSR count). The Balaban J connectivity index is 2.01. The number of piperazine rings is 1. The minimum atomic E-state index is -0.473. The topological polar surface area (TPSA) is 54.5 Å². The van der Waals surface area contributed by atoms with Crippen molar-refractivity contribution in [1.29, 1.82) is 0 Å². The van der Waals surface area contributed by atoms with Crippen LogP contribution >= 0.6 is 11.6 Å². The number of ether oxygens (including phenoxy) is 1. The summed E-state index contributed by atoms with van der Waals surface area (Å²) in [6.45, 7) is 7.55. The summed E-state index contributed by atoms with van der Waals surface area (Å²) in [5.41, 5.74) is 0.543. The van der Waals surface area contributed by atoms with Crippen LogP contribution in [0.3, 0.4) is 0 Å². The van der Waals surface area contributed by atoms with Crippen molar-refractivity contribution in [3.63, 3.8) is 0 Å². The molecule has 0 bridgehead atoms. The molecular formula is C14H20ClN3O2. The molecule has 1 N–H and O–H groups in total. The molecule has 1 aliphatic heterocycles. The van der Waals surface area contributed by atoms with E-state index in [0.717, 1.165) is 12.1 Å². The Morgan fingerprint density at radius 1 is 1.50 bits per heavy atom. The van der Waals surface area contributed by atoms with Gasteiger partial charge in [-0.25, -0.2) is 9.78 Å². The van der Waals surface area contributed by atoms with Gasteiger partial charge in [-0.05, 0) is 32.4 Å². The van der Waals surface area contributed by atoms with Crippen molar-refractivity contribution in [2.24, 2.45) is 0 Å². The Hall–Kier alpha value is -1.33. The molecule has 0 spiro atoms. The van der Waals surface area contributed by atoms with Gasteiger partial charge in [0.05, 0.1) is 6.04 Å². The second-order valence-corrected chi connectivity index (χ2v) is 6.23. The van der Waals surface area contributed by atoms with Gasteiger partial charge in [0.1, 0.15) is 10.8 Å². The number of nitrogens with one attached hydrogen (secondary N) is 1. The molecule has 0 saturated carbocycles. The highest BCUT2D eigenvalue weighted by atomic mass is 35.5. The number of pyridine rings is 1. The molecule has 0 aromatic carbocycles. The third-order valence-electron chi connectivity index (χ3n) is 2.98. The predicted octanol–water partition coefficient (Wildman–Crippen LogP) is 2.62. The standard InChI is InChI=1S/C14H20ClN3O2/c1-14(2,3)20-13(19)18-7-6-16-11(9-18)10-4-5-12(15)17-8-10/h4-5,8,11,16H,6-7,9H2,1-3H3. The third-order valence-corrected chi connectivity index (χ3v) is 3.20. The molecule has 1 saturated heterocycles. The lowest BCUT2D eigenvalue weighted by Crippen LogP contribution is -2.49. The van der Waals surface area contributed by atoms with Crippen molar-refractivity contribution in [3.8, 4) is 0 Å². The Labute approximate surface area is 124 Å². The van der Waals surface area contributed by atoms with Crippen molar-refractivity contribution in [2.75, 3.05) is 19.6 Å². The van der Waals surface area contributed by atoms with E-state index in [1.807, 2.05) is 26.8 Å². The van der Waals surface area contributed by atoms with Crippen molar-refractivity contribution >= 4 is 17.7 Å². The van der Waals surface area contributed by atoms with E-state index in [-0.39, 0.29) is 12.1 Å². The number of aromatic nitrogens is 1. The maximum absolute atomic E-state index is 12.1. The van der Waals surface area contributed by atoms with Crippen LogP contribution in [0.5, 0.6) is 0 Å². The van der Waals surface area contributed by atoms with E-state index in [0.29, 0.717) is 18.2 Å². The largest absolute Gasteiger partial charge is 0.444 e. The van der Waals surface area contributed by atoms with E-state index in [1.54, 1.807) is 17.2 Å². The molecule has 1 atom stereocenters. The lowest BCUT2D eigenvalue weighted by atomic mass is 10.1. The minimum absolute atomic E-state index is 0.0565. The summed E-state index contributed by atoms with van der Waals surface area (Å²) >= 11 is 5.79. The van der Waals surface area contributed by atoms with Gasteiger partial charge in [0.2, 0.25) is 0 Å². The van der Waals surface area contributed by atoms with E-state index < -0.39 is 5.60 Å². The number of hydrogen-bond acceptors (Lipinski definition) is 4. The van der Waals surface area contributed by atoms with Crippen molar-refractivity contribution in [1.82, 2.24) is 15.2 Å². The molecule has 5 nitrogen and oxygen atoms in total. The first kappa shape index (κ1) is 15.1. The Morgan fingerprint density at radius 2 is 2.25 bits per heavy atom. The normalized spacial score (nSPS) is 19.8. The van der Waals surface area contributed by atoms with Crippen LogP contribution < -0.4 is 5.32 Å². The lowest BCUT2D eigenvalue weighted by molar-refractivity contribution is 0.0195. The number of hydrogen-bond donors (Lipinski definition) is 1. The molecule has 6 heteroatoms. The number of carbonyl (C=O) groups is 1. The molecule has 110 valence electrons. The van der Waals surface area contributed by atoms with Crippen molar-refractivity contribution < 1.29 is 9.53 Å². The van der Waals surface area contributed by atoms with Crippen LogP contribution in [-0.2, 0) is 4.74 Å². The van der Waals surface area contributed by atoms with E-state index in [4.69, 9.17) is 16.3 Å². The summed E-state index contributed by atoms with van der Waals surface area (Å²) in [5.74, 6) is 0. The van der Waals surface area contributed by atoms with E-state index in [9.17, 15) is 4.79 Å². The van der Waals surface area contributed by atoms with Gasteiger partial charge in [0.15, 0.2) is 0 Å². The van der Waals surface area contributed by atoms with Gasteiger partial charge in [-0.3, -0.25) is 0 Å². The van der Waals surface area contributed by atoms with E-state index >= 15 is 0 Å². The van der Waals surface area contributed by atoms with E-state index in [1.165, 1.54) is 0 Å². The summed E-state index contributed by atoms with van der Waals surface area (Å²) in [7, 11) is 0. The molecule has 1 aliphatic rings. The first-order chi connectivity index (χ1) is 9.35. The number of rotatable bonds is 1. The van der Waals surface area contributed by atoms with Gasteiger partial charge in [-0.15, -0.1) is 0 Å². The molecule has 20 heavy (non-hydrogen) atoms. The summed E-state index contributed by atoms with van der Waals surface area (Å²) in [4.78, 5) is 17.9. The fourth-order valence-corrected chi connectivity index (χ4v) is 2.17. The second kappa shape index (κ2) is 5.97. The van der Waals surface area contributed by atoms with Crippen molar-refractivity contribution in [2.45, 2.75) is 32.4 Å². The maximum Gasteiger partial charge on any atom is 0.410 e. The molecule has 0 radical (unpaired) electrons. The van der Waals surface area contributed by atoms with Crippen LogP contribution in [0.4, 0.5) is 4.79 Å². The van der Waals surface area contributed by atoms with Gasteiger partial charge in [-0.2, -0.15) is 0 Å². The van der Waals surface area contributed by atoms with Crippen LogP contribution in [0.25, 0.3) is 0 Å². The predicted molar refractivity (Wildman–Crippen MR) is 77.8 cm³/mol. The highest BCUT2D eigenvalue weighted by Crippen LogP contribution is 2.19. The van der Waals surface area contributed by atoms with Gasteiger partial charge >= 0.3 is 6.09 Å². The minimum Gasteiger partial charge on any atom is -0.444 e. The van der Waals surface area contributed by atoms with Crippen LogP contribution in [0.1, 0.15) is 32.4 Å². The van der Waals surface area contributed by atoms with Crippen molar-refractivity contribution in [3.05, 3.63) is 29.0 Å².